The summed E-state index contributed by atoms with van der Waals surface area (Å²) in [7, 11) is 1.62. The van der Waals surface area contributed by atoms with Crippen molar-refractivity contribution in [1.29, 1.82) is 0 Å². The molecule has 1 unspecified atom stereocenters. The Morgan fingerprint density at radius 1 is 1.35 bits per heavy atom. The van der Waals surface area contributed by atoms with Crippen molar-refractivity contribution >= 4 is 17.3 Å². The van der Waals surface area contributed by atoms with E-state index in [-0.39, 0.29) is 5.56 Å². The predicted octanol–water partition coefficient (Wildman–Crippen LogP) is 1.40. The fourth-order valence-electron chi connectivity index (χ4n) is 3.38. The lowest BCUT2D eigenvalue weighted by molar-refractivity contribution is 0.319. The van der Waals surface area contributed by atoms with Crippen LogP contribution in [0.25, 0.3) is 0 Å². The molecule has 2 aliphatic rings. The second-order valence-corrected chi connectivity index (χ2v) is 6.18. The van der Waals surface area contributed by atoms with Gasteiger partial charge in [0, 0.05) is 26.2 Å². The first-order valence-corrected chi connectivity index (χ1v) is 7.75. The van der Waals surface area contributed by atoms with E-state index in [0.29, 0.717) is 11.1 Å². The van der Waals surface area contributed by atoms with Gasteiger partial charge in [0.2, 0.25) is 0 Å². The second-order valence-electron chi connectivity index (χ2n) is 5.80. The number of anilines is 1. The molecule has 0 radical (unpaired) electrons. The summed E-state index contributed by atoms with van der Waals surface area (Å²) in [5, 5.41) is 7.97. The summed E-state index contributed by atoms with van der Waals surface area (Å²) in [5.41, 5.74) is 0.566. The Labute approximate surface area is 123 Å². The van der Waals surface area contributed by atoms with Crippen molar-refractivity contribution in [1.82, 2.24) is 15.1 Å². The minimum atomic E-state index is -0.219. The number of piperidine rings is 1. The molecular weight excluding hydrogens is 276 g/mol. The topological polar surface area (TPSA) is 50.2 Å². The smallest absolute Gasteiger partial charge is 0.287 e. The van der Waals surface area contributed by atoms with Crippen LogP contribution in [-0.4, -0.2) is 35.5 Å². The number of aromatic nitrogens is 2. The van der Waals surface area contributed by atoms with E-state index < -0.39 is 0 Å². The average molecular weight is 297 g/mol. The maximum absolute atomic E-state index is 11.8. The zero-order chi connectivity index (χ0) is 14.1. The van der Waals surface area contributed by atoms with Crippen molar-refractivity contribution in [2.24, 2.45) is 13.0 Å². The summed E-state index contributed by atoms with van der Waals surface area (Å²) in [6.45, 7) is 3.07. The van der Waals surface area contributed by atoms with Crippen LogP contribution in [0.15, 0.2) is 11.0 Å². The van der Waals surface area contributed by atoms with Gasteiger partial charge in [-0.2, -0.15) is 5.10 Å². The van der Waals surface area contributed by atoms with Gasteiger partial charge in [-0.1, -0.05) is 11.6 Å². The Kier molecular flexibility index (Phi) is 3.98. The van der Waals surface area contributed by atoms with Gasteiger partial charge in [0.05, 0.1) is 11.9 Å². The molecule has 3 heterocycles. The van der Waals surface area contributed by atoms with E-state index in [1.165, 1.54) is 17.5 Å². The second kappa shape index (κ2) is 5.74. The number of hydrogen-bond donors (Lipinski definition) is 1. The highest BCUT2D eigenvalue weighted by Crippen LogP contribution is 2.30. The van der Waals surface area contributed by atoms with Gasteiger partial charge in [-0.25, -0.2) is 4.68 Å². The van der Waals surface area contributed by atoms with Gasteiger partial charge >= 0.3 is 0 Å². The lowest BCUT2D eigenvalue weighted by Gasteiger charge is -2.36. The summed E-state index contributed by atoms with van der Waals surface area (Å²) in [6, 6.07) is 0.689. The molecule has 5 nitrogen and oxygen atoms in total. The Bertz CT molecular complexity index is 530. The molecule has 2 aliphatic heterocycles. The molecule has 2 fully saturated rings. The molecule has 1 atom stereocenters. The Morgan fingerprint density at radius 3 is 2.75 bits per heavy atom. The van der Waals surface area contributed by atoms with E-state index in [2.05, 4.69) is 15.3 Å². The van der Waals surface area contributed by atoms with Crippen LogP contribution in [0.2, 0.25) is 5.02 Å². The van der Waals surface area contributed by atoms with Crippen LogP contribution in [0, 0.1) is 5.92 Å². The van der Waals surface area contributed by atoms with Gasteiger partial charge in [0.25, 0.3) is 5.56 Å². The maximum Gasteiger partial charge on any atom is 0.287 e. The molecule has 1 N–H and O–H groups in total. The minimum absolute atomic E-state index is 0.219. The molecule has 1 aromatic heterocycles. The highest BCUT2D eigenvalue weighted by molar-refractivity contribution is 6.33. The lowest BCUT2D eigenvalue weighted by atomic mass is 9.88. The number of halogens is 1. The molecule has 0 spiro atoms. The van der Waals surface area contributed by atoms with Gasteiger partial charge in [-0.15, -0.1) is 0 Å². The molecule has 20 heavy (non-hydrogen) atoms. The minimum Gasteiger partial charge on any atom is -0.369 e. The third-order valence-corrected chi connectivity index (χ3v) is 4.96. The van der Waals surface area contributed by atoms with Gasteiger partial charge in [0.15, 0.2) is 0 Å². The normalized spacial score (nSPS) is 24.3. The van der Waals surface area contributed by atoms with Crippen LogP contribution >= 0.6 is 11.6 Å². The molecule has 110 valence electrons. The summed E-state index contributed by atoms with van der Waals surface area (Å²) in [6.07, 6.45) is 6.62. The maximum atomic E-state index is 11.8. The molecule has 0 aliphatic carbocycles. The SMILES string of the molecule is Cn1ncc(N2CCC(C3CCCN3)CC2)c(Cl)c1=O. The standard InChI is InChI=1S/C14H21ClN4O/c1-18-14(20)13(15)12(9-17-18)19-7-4-10(5-8-19)11-3-2-6-16-11/h9-11,16H,2-8H2,1H3. The number of aryl methyl sites for hydroxylation is 1. The number of rotatable bonds is 2. The van der Waals surface area contributed by atoms with Crippen molar-refractivity contribution in [2.45, 2.75) is 31.7 Å². The van der Waals surface area contributed by atoms with E-state index in [1.807, 2.05) is 0 Å². The van der Waals surface area contributed by atoms with Crippen molar-refractivity contribution < 1.29 is 0 Å². The molecule has 6 heteroatoms. The summed E-state index contributed by atoms with van der Waals surface area (Å²) in [5.74, 6) is 0.757. The Balaban J connectivity index is 1.69. The first-order chi connectivity index (χ1) is 9.66. The van der Waals surface area contributed by atoms with E-state index in [4.69, 9.17) is 11.6 Å². The average Bonchev–Trinajstić information content (AvgIpc) is 3.00. The van der Waals surface area contributed by atoms with E-state index in [9.17, 15) is 4.79 Å². The molecule has 2 saturated heterocycles. The van der Waals surface area contributed by atoms with Gasteiger partial charge in [-0.3, -0.25) is 4.79 Å². The van der Waals surface area contributed by atoms with Crippen molar-refractivity contribution in [3.63, 3.8) is 0 Å². The van der Waals surface area contributed by atoms with Crippen LogP contribution in [0.5, 0.6) is 0 Å². The molecule has 0 amide bonds. The van der Waals surface area contributed by atoms with Crippen LogP contribution in [0.3, 0.4) is 0 Å². The quantitative estimate of drug-likeness (QED) is 0.896. The highest BCUT2D eigenvalue weighted by Gasteiger charge is 2.29. The zero-order valence-corrected chi connectivity index (χ0v) is 12.6. The van der Waals surface area contributed by atoms with Crippen molar-refractivity contribution in [3.8, 4) is 0 Å². The molecule has 1 aromatic rings. The van der Waals surface area contributed by atoms with Crippen LogP contribution in [0.4, 0.5) is 5.69 Å². The van der Waals surface area contributed by atoms with Crippen molar-refractivity contribution in [2.75, 3.05) is 24.5 Å². The Hall–Kier alpha value is -1.07. The van der Waals surface area contributed by atoms with E-state index in [1.54, 1.807) is 13.2 Å². The molecular formula is C14H21ClN4O. The fraction of sp³-hybridized carbons (Fsp3) is 0.714. The van der Waals surface area contributed by atoms with Gasteiger partial charge < -0.3 is 10.2 Å². The molecule has 0 bridgehead atoms. The summed E-state index contributed by atoms with van der Waals surface area (Å²) < 4.78 is 1.28. The highest BCUT2D eigenvalue weighted by atomic mass is 35.5. The monoisotopic (exact) mass is 296 g/mol. The van der Waals surface area contributed by atoms with E-state index in [0.717, 1.165) is 44.1 Å². The van der Waals surface area contributed by atoms with Crippen LogP contribution < -0.4 is 15.8 Å². The zero-order valence-electron chi connectivity index (χ0n) is 11.8. The predicted molar refractivity (Wildman–Crippen MR) is 80.4 cm³/mol. The molecule has 0 saturated carbocycles. The van der Waals surface area contributed by atoms with Crippen LogP contribution in [-0.2, 0) is 7.05 Å². The number of nitrogens with one attached hydrogen (secondary N) is 1. The largest absolute Gasteiger partial charge is 0.369 e. The van der Waals surface area contributed by atoms with Gasteiger partial charge in [-0.05, 0) is 38.1 Å². The number of hydrogen-bond acceptors (Lipinski definition) is 4. The summed E-state index contributed by atoms with van der Waals surface area (Å²) in [4.78, 5) is 14.0. The molecule has 0 aromatic carbocycles. The fourth-order valence-corrected chi connectivity index (χ4v) is 3.67. The van der Waals surface area contributed by atoms with Gasteiger partial charge in [0.1, 0.15) is 5.02 Å². The van der Waals surface area contributed by atoms with Crippen LogP contribution in [0.1, 0.15) is 25.7 Å². The Morgan fingerprint density at radius 2 is 2.10 bits per heavy atom. The summed E-state index contributed by atoms with van der Waals surface area (Å²) >= 11 is 6.17. The number of nitrogens with zero attached hydrogens (tertiary/aromatic N) is 3. The lowest BCUT2D eigenvalue weighted by Crippen LogP contribution is -2.41. The van der Waals surface area contributed by atoms with E-state index >= 15 is 0 Å². The molecule has 3 rings (SSSR count). The first kappa shape index (κ1) is 13.9. The third kappa shape index (κ3) is 2.56. The third-order valence-electron chi connectivity index (χ3n) is 4.61. The first-order valence-electron chi connectivity index (χ1n) is 7.37. The van der Waals surface area contributed by atoms with Crippen molar-refractivity contribution in [3.05, 3.63) is 21.6 Å².